The molecule has 1 saturated heterocycles. The summed E-state index contributed by atoms with van der Waals surface area (Å²) in [5.41, 5.74) is 3.53. The molecule has 3 rings (SSSR count). The van der Waals surface area contributed by atoms with Crippen LogP contribution in [0.15, 0.2) is 42.5 Å². The number of methoxy groups -OCH3 is 1. The fourth-order valence-electron chi connectivity index (χ4n) is 3.27. The van der Waals surface area contributed by atoms with Crippen LogP contribution in [0.5, 0.6) is 5.75 Å². The Morgan fingerprint density at radius 1 is 1.22 bits per heavy atom. The van der Waals surface area contributed by atoms with Crippen LogP contribution in [0.2, 0.25) is 0 Å². The Bertz CT molecular complexity index is 864. The maximum Gasteiger partial charge on any atom is 0.229 e. The summed E-state index contributed by atoms with van der Waals surface area (Å²) >= 11 is 0. The Labute approximate surface area is 159 Å². The summed E-state index contributed by atoms with van der Waals surface area (Å²) in [7, 11) is 5.52. The molecule has 1 fully saturated rings. The zero-order valence-electron chi connectivity index (χ0n) is 16.2. The lowest BCUT2D eigenvalue weighted by Crippen LogP contribution is -2.28. The number of nitrogens with zero attached hydrogens (tertiary/aromatic N) is 2. The van der Waals surface area contributed by atoms with Gasteiger partial charge in [-0.3, -0.25) is 9.59 Å². The van der Waals surface area contributed by atoms with Crippen LogP contribution in [0.25, 0.3) is 0 Å². The van der Waals surface area contributed by atoms with Gasteiger partial charge >= 0.3 is 0 Å². The fraction of sp³-hybridized carbons (Fsp3) is 0.333. The minimum Gasteiger partial charge on any atom is -0.495 e. The molecule has 0 spiro atoms. The summed E-state index contributed by atoms with van der Waals surface area (Å²) in [5, 5.41) is 2.97. The van der Waals surface area contributed by atoms with Gasteiger partial charge in [0.25, 0.3) is 0 Å². The molecule has 2 aromatic carbocycles. The average Bonchev–Trinajstić information content (AvgIpc) is 3.04. The van der Waals surface area contributed by atoms with E-state index in [-0.39, 0.29) is 18.2 Å². The van der Waals surface area contributed by atoms with Crippen molar-refractivity contribution in [2.75, 3.05) is 42.9 Å². The molecule has 1 atom stereocenters. The second-order valence-corrected chi connectivity index (χ2v) is 6.96. The Morgan fingerprint density at radius 2 is 1.96 bits per heavy atom. The van der Waals surface area contributed by atoms with Crippen molar-refractivity contribution in [1.82, 2.24) is 0 Å². The number of carbonyl (C=O) groups excluding carboxylic acids is 2. The van der Waals surface area contributed by atoms with E-state index < -0.39 is 5.92 Å². The molecule has 0 bridgehead atoms. The number of ether oxygens (including phenoxy) is 1. The molecule has 6 nitrogen and oxygen atoms in total. The molecule has 27 heavy (non-hydrogen) atoms. The van der Waals surface area contributed by atoms with Crippen molar-refractivity contribution in [1.29, 1.82) is 0 Å². The Kier molecular flexibility index (Phi) is 5.35. The molecule has 2 amide bonds. The number of rotatable bonds is 5. The van der Waals surface area contributed by atoms with Crippen molar-refractivity contribution < 1.29 is 14.3 Å². The van der Waals surface area contributed by atoms with E-state index in [2.05, 4.69) is 5.32 Å². The normalized spacial score (nSPS) is 16.4. The number of para-hydroxylation sites is 2. The number of nitrogens with one attached hydrogen (secondary N) is 1. The van der Waals surface area contributed by atoms with Crippen LogP contribution in [0.4, 0.5) is 17.1 Å². The molecule has 2 aromatic rings. The average molecular weight is 367 g/mol. The molecular formula is C21H25N3O3. The SMILES string of the molecule is COc1ccccc1N1CC(C(=O)Nc2ccc(N(C)C)cc2C)CC1=O. The van der Waals surface area contributed by atoms with E-state index >= 15 is 0 Å². The van der Waals surface area contributed by atoms with Gasteiger partial charge in [0.1, 0.15) is 5.75 Å². The largest absolute Gasteiger partial charge is 0.495 e. The third-order valence-corrected chi connectivity index (χ3v) is 4.86. The van der Waals surface area contributed by atoms with Gasteiger partial charge < -0.3 is 19.9 Å². The zero-order valence-corrected chi connectivity index (χ0v) is 16.2. The van der Waals surface area contributed by atoms with Gasteiger partial charge in [0.2, 0.25) is 11.8 Å². The smallest absolute Gasteiger partial charge is 0.229 e. The number of hydrogen-bond acceptors (Lipinski definition) is 4. The number of benzene rings is 2. The van der Waals surface area contributed by atoms with Gasteiger partial charge in [-0.1, -0.05) is 12.1 Å². The van der Waals surface area contributed by atoms with Gasteiger partial charge in [0, 0.05) is 38.4 Å². The fourth-order valence-corrected chi connectivity index (χ4v) is 3.27. The molecule has 1 heterocycles. The number of amides is 2. The van der Waals surface area contributed by atoms with E-state index in [9.17, 15) is 9.59 Å². The zero-order chi connectivity index (χ0) is 19.6. The summed E-state index contributed by atoms with van der Waals surface area (Å²) in [6.45, 7) is 2.31. The predicted octanol–water partition coefficient (Wildman–Crippen LogP) is 3.06. The molecule has 0 saturated carbocycles. The molecule has 1 aliphatic heterocycles. The van der Waals surface area contributed by atoms with Gasteiger partial charge in [-0.15, -0.1) is 0 Å². The highest BCUT2D eigenvalue weighted by Gasteiger charge is 2.36. The Morgan fingerprint density at radius 3 is 2.63 bits per heavy atom. The first-order chi connectivity index (χ1) is 12.9. The van der Waals surface area contributed by atoms with Crippen LogP contribution in [-0.2, 0) is 9.59 Å². The van der Waals surface area contributed by atoms with Crippen molar-refractivity contribution in [3.63, 3.8) is 0 Å². The lowest BCUT2D eigenvalue weighted by atomic mass is 10.1. The molecule has 1 unspecified atom stereocenters. The first kappa shape index (κ1) is 18.8. The molecule has 1 aliphatic rings. The molecule has 0 aromatic heterocycles. The van der Waals surface area contributed by atoms with Crippen molar-refractivity contribution >= 4 is 28.9 Å². The van der Waals surface area contributed by atoms with Gasteiger partial charge in [0.05, 0.1) is 18.7 Å². The maximum absolute atomic E-state index is 12.7. The summed E-state index contributed by atoms with van der Waals surface area (Å²) in [5.74, 6) is 0.0261. The van der Waals surface area contributed by atoms with Gasteiger partial charge in [0.15, 0.2) is 0 Å². The topological polar surface area (TPSA) is 61.9 Å². The number of anilines is 3. The van der Waals surface area contributed by atoms with Crippen LogP contribution < -0.4 is 19.9 Å². The van der Waals surface area contributed by atoms with Crippen molar-refractivity contribution in [3.05, 3.63) is 48.0 Å². The maximum atomic E-state index is 12.7. The Hall–Kier alpha value is -3.02. The first-order valence-corrected chi connectivity index (χ1v) is 8.93. The van der Waals surface area contributed by atoms with E-state index in [0.717, 1.165) is 16.9 Å². The van der Waals surface area contributed by atoms with E-state index in [1.807, 2.05) is 68.4 Å². The molecule has 0 aliphatic carbocycles. The van der Waals surface area contributed by atoms with E-state index in [4.69, 9.17) is 4.74 Å². The van der Waals surface area contributed by atoms with E-state index in [0.29, 0.717) is 18.0 Å². The van der Waals surface area contributed by atoms with E-state index in [1.165, 1.54) is 0 Å². The van der Waals surface area contributed by atoms with E-state index in [1.54, 1.807) is 12.0 Å². The minimum atomic E-state index is -0.393. The highest BCUT2D eigenvalue weighted by Crippen LogP contribution is 2.33. The van der Waals surface area contributed by atoms with Gasteiger partial charge in [-0.05, 0) is 42.8 Å². The lowest BCUT2D eigenvalue weighted by molar-refractivity contribution is -0.122. The van der Waals surface area contributed by atoms with Gasteiger partial charge in [-0.25, -0.2) is 0 Å². The third-order valence-electron chi connectivity index (χ3n) is 4.86. The predicted molar refractivity (Wildman–Crippen MR) is 108 cm³/mol. The number of aryl methyl sites for hydroxylation is 1. The Balaban J connectivity index is 1.73. The van der Waals surface area contributed by atoms with Crippen molar-refractivity contribution in [2.24, 2.45) is 5.92 Å². The van der Waals surface area contributed by atoms with Crippen LogP contribution in [0.3, 0.4) is 0 Å². The molecular weight excluding hydrogens is 342 g/mol. The van der Waals surface area contributed by atoms with Crippen LogP contribution in [-0.4, -0.2) is 39.6 Å². The summed E-state index contributed by atoms with van der Waals surface area (Å²) < 4.78 is 5.35. The summed E-state index contributed by atoms with van der Waals surface area (Å²) in [6, 6.07) is 13.2. The minimum absolute atomic E-state index is 0.0701. The highest BCUT2D eigenvalue weighted by atomic mass is 16.5. The standard InChI is InChI=1S/C21H25N3O3/c1-14-11-16(23(2)3)9-10-17(14)22-21(26)15-12-20(25)24(13-15)18-7-5-6-8-19(18)27-4/h5-11,15H,12-13H2,1-4H3,(H,22,26). The monoisotopic (exact) mass is 367 g/mol. The number of carbonyl (C=O) groups is 2. The van der Waals surface area contributed by atoms with Crippen LogP contribution in [0, 0.1) is 12.8 Å². The lowest BCUT2D eigenvalue weighted by Gasteiger charge is -2.19. The second-order valence-electron chi connectivity index (χ2n) is 6.96. The second kappa shape index (κ2) is 7.70. The van der Waals surface area contributed by atoms with Crippen molar-refractivity contribution in [3.8, 4) is 5.75 Å². The van der Waals surface area contributed by atoms with Crippen LogP contribution >= 0.6 is 0 Å². The number of hydrogen-bond donors (Lipinski definition) is 1. The molecule has 6 heteroatoms. The third kappa shape index (κ3) is 3.89. The quantitative estimate of drug-likeness (QED) is 0.882. The first-order valence-electron chi connectivity index (χ1n) is 8.93. The summed E-state index contributed by atoms with van der Waals surface area (Å²) in [6.07, 6.45) is 0.193. The van der Waals surface area contributed by atoms with Crippen molar-refractivity contribution in [2.45, 2.75) is 13.3 Å². The summed E-state index contributed by atoms with van der Waals surface area (Å²) in [4.78, 5) is 28.9. The highest BCUT2D eigenvalue weighted by molar-refractivity contribution is 6.04. The van der Waals surface area contributed by atoms with Crippen LogP contribution in [0.1, 0.15) is 12.0 Å². The molecule has 0 radical (unpaired) electrons. The molecule has 142 valence electrons. The van der Waals surface area contributed by atoms with Gasteiger partial charge in [-0.2, -0.15) is 0 Å². The molecule has 1 N–H and O–H groups in total.